The van der Waals surface area contributed by atoms with E-state index in [2.05, 4.69) is 10.3 Å². The van der Waals surface area contributed by atoms with Crippen LogP contribution in [0.1, 0.15) is 34.7 Å². The number of amides is 2. The molecule has 0 aliphatic rings. The highest BCUT2D eigenvalue weighted by molar-refractivity contribution is 6.04. The van der Waals surface area contributed by atoms with Crippen molar-refractivity contribution in [3.63, 3.8) is 0 Å². The Hall–Kier alpha value is -2.44. The van der Waals surface area contributed by atoms with E-state index < -0.39 is 17.9 Å². The van der Waals surface area contributed by atoms with Crippen LogP contribution in [-0.4, -0.2) is 52.4 Å². The molecule has 0 saturated carbocycles. The van der Waals surface area contributed by atoms with Gasteiger partial charge in [-0.2, -0.15) is 0 Å². The van der Waals surface area contributed by atoms with Gasteiger partial charge >= 0.3 is 5.97 Å². The van der Waals surface area contributed by atoms with Crippen LogP contribution >= 0.6 is 0 Å². The highest BCUT2D eigenvalue weighted by atomic mass is 16.4. The Labute approximate surface area is 116 Å². The lowest BCUT2D eigenvalue weighted by Crippen LogP contribution is -2.45. The van der Waals surface area contributed by atoms with Crippen molar-refractivity contribution in [2.45, 2.75) is 19.9 Å². The monoisotopic (exact) mass is 279 g/mol. The summed E-state index contributed by atoms with van der Waals surface area (Å²) in [4.78, 5) is 40.0. The summed E-state index contributed by atoms with van der Waals surface area (Å²) in [6.07, 6.45) is 1.33. The van der Waals surface area contributed by atoms with Crippen LogP contribution in [0.25, 0.3) is 0 Å². The average Bonchev–Trinajstić information content (AvgIpc) is 2.45. The molecule has 1 unspecified atom stereocenters. The zero-order chi connectivity index (χ0) is 15.3. The van der Waals surface area contributed by atoms with Gasteiger partial charge in [0, 0.05) is 19.8 Å². The SMILES string of the molecule is CCN(C)C(=O)C(C)NC(=O)c1ncccc1C(=O)O. The number of aromatic carboxylic acids is 1. The molecule has 0 saturated heterocycles. The summed E-state index contributed by atoms with van der Waals surface area (Å²) < 4.78 is 0. The van der Waals surface area contributed by atoms with Gasteiger partial charge in [0.1, 0.15) is 11.7 Å². The molecule has 0 spiro atoms. The van der Waals surface area contributed by atoms with Gasteiger partial charge in [0.2, 0.25) is 5.91 Å². The number of carboxylic acid groups (broad SMARTS) is 1. The fourth-order valence-electron chi connectivity index (χ4n) is 1.57. The number of aromatic nitrogens is 1. The molecule has 2 N–H and O–H groups in total. The molecular weight excluding hydrogens is 262 g/mol. The molecule has 7 nitrogen and oxygen atoms in total. The zero-order valence-electron chi connectivity index (χ0n) is 11.6. The number of likely N-dealkylation sites (N-methyl/N-ethyl adjacent to an activating group) is 1. The van der Waals surface area contributed by atoms with Crippen LogP contribution in [0.4, 0.5) is 0 Å². The number of carbonyl (C=O) groups is 3. The Morgan fingerprint density at radius 3 is 2.65 bits per heavy atom. The van der Waals surface area contributed by atoms with E-state index >= 15 is 0 Å². The fraction of sp³-hybridized carbons (Fsp3) is 0.385. The lowest BCUT2D eigenvalue weighted by molar-refractivity contribution is -0.131. The first-order valence-electron chi connectivity index (χ1n) is 6.12. The van der Waals surface area contributed by atoms with E-state index in [-0.39, 0.29) is 17.2 Å². The van der Waals surface area contributed by atoms with Gasteiger partial charge in [-0.1, -0.05) is 0 Å². The van der Waals surface area contributed by atoms with Crippen LogP contribution in [0.5, 0.6) is 0 Å². The zero-order valence-corrected chi connectivity index (χ0v) is 11.6. The van der Waals surface area contributed by atoms with E-state index in [1.54, 1.807) is 7.05 Å². The maximum absolute atomic E-state index is 12.0. The molecule has 7 heteroatoms. The van der Waals surface area contributed by atoms with E-state index in [0.717, 1.165) is 0 Å². The number of nitrogens with zero attached hydrogens (tertiary/aromatic N) is 2. The molecule has 0 fully saturated rings. The molecule has 0 radical (unpaired) electrons. The molecule has 1 heterocycles. The molecular formula is C13H17N3O4. The molecule has 0 aliphatic carbocycles. The average molecular weight is 279 g/mol. The van der Waals surface area contributed by atoms with Gasteiger partial charge in [-0.15, -0.1) is 0 Å². The Bertz CT molecular complexity index is 530. The van der Waals surface area contributed by atoms with Crippen molar-refractivity contribution in [3.05, 3.63) is 29.6 Å². The quantitative estimate of drug-likeness (QED) is 0.811. The third kappa shape index (κ3) is 3.53. The van der Waals surface area contributed by atoms with Crippen molar-refractivity contribution in [3.8, 4) is 0 Å². The molecule has 108 valence electrons. The van der Waals surface area contributed by atoms with Gasteiger partial charge < -0.3 is 15.3 Å². The van der Waals surface area contributed by atoms with Gasteiger partial charge in [0.05, 0.1) is 5.56 Å². The van der Waals surface area contributed by atoms with Crippen LogP contribution in [0, 0.1) is 0 Å². The first-order valence-corrected chi connectivity index (χ1v) is 6.12. The van der Waals surface area contributed by atoms with Crippen molar-refractivity contribution >= 4 is 17.8 Å². The molecule has 1 atom stereocenters. The van der Waals surface area contributed by atoms with Crippen molar-refractivity contribution in [2.75, 3.05) is 13.6 Å². The fourth-order valence-corrected chi connectivity index (χ4v) is 1.57. The van der Waals surface area contributed by atoms with Crippen molar-refractivity contribution in [2.24, 2.45) is 0 Å². The Morgan fingerprint density at radius 2 is 2.10 bits per heavy atom. The Morgan fingerprint density at radius 1 is 1.45 bits per heavy atom. The predicted molar refractivity (Wildman–Crippen MR) is 71.4 cm³/mol. The van der Waals surface area contributed by atoms with Gasteiger partial charge in [-0.3, -0.25) is 14.6 Å². The number of nitrogens with one attached hydrogen (secondary N) is 1. The Kier molecular flexibility index (Phi) is 5.19. The maximum Gasteiger partial charge on any atom is 0.338 e. The molecule has 1 aromatic rings. The second-order valence-electron chi connectivity index (χ2n) is 4.25. The molecule has 1 rings (SSSR count). The second kappa shape index (κ2) is 6.65. The summed E-state index contributed by atoms with van der Waals surface area (Å²) in [5.41, 5.74) is -0.410. The second-order valence-corrected chi connectivity index (χ2v) is 4.25. The number of hydrogen-bond donors (Lipinski definition) is 2. The molecule has 20 heavy (non-hydrogen) atoms. The minimum Gasteiger partial charge on any atom is -0.478 e. The number of rotatable bonds is 5. The summed E-state index contributed by atoms with van der Waals surface area (Å²) in [6.45, 7) is 3.87. The smallest absolute Gasteiger partial charge is 0.338 e. The maximum atomic E-state index is 12.0. The van der Waals surface area contributed by atoms with Crippen LogP contribution in [0.15, 0.2) is 18.3 Å². The lowest BCUT2D eigenvalue weighted by Gasteiger charge is -2.20. The molecule has 1 aromatic heterocycles. The summed E-state index contributed by atoms with van der Waals surface area (Å²) >= 11 is 0. The van der Waals surface area contributed by atoms with Gasteiger partial charge in [-0.05, 0) is 26.0 Å². The largest absolute Gasteiger partial charge is 0.478 e. The molecule has 2 amide bonds. The van der Waals surface area contributed by atoms with Crippen molar-refractivity contribution < 1.29 is 19.5 Å². The van der Waals surface area contributed by atoms with Gasteiger partial charge in [0.15, 0.2) is 0 Å². The minimum atomic E-state index is -1.24. The van der Waals surface area contributed by atoms with Crippen molar-refractivity contribution in [1.29, 1.82) is 0 Å². The highest BCUT2D eigenvalue weighted by Gasteiger charge is 2.23. The van der Waals surface area contributed by atoms with E-state index in [9.17, 15) is 14.4 Å². The molecule has 0 bridgehead atoms. The van der Waals surface area contributed by atoms with E-state index in [4.69, 9.17) is 5.11 Å². The van der Waals surface area contributed by atoms with Crippen LogP contribution < -0.4 is 5.32 Å². The summed E-state index contributed by atoms with van der Waals surface area (Å²) in [5, 5.41) is 11.4. The van der Waals surface area contributed by atoms with Crippen LogP contribution in [0.2, 0.25) is 0 Å². The summed E-state index contributed by atoms with van der Waals surface area (Å²) in [7, 11) is 1.62. The Balaban J connectivity index is 2.87. The third-order valence-corrected chi connectivity index (χ3v) is 2.82. The number of carboxylic acids is 1. The predicted octanol–water partition coefficient (Wildman–Crippen LogP) is 0.376. The molecule has 0 aliphatic heterocycles. The first kappa shape index (κ1) is 15.6. The normalized spacial score (nSPS) is 11.6. The van der Waals surface area contributed by atoms with Crippen LogP contribution in [-0.2, 0) is 4.79 Å². The number of pyridine rings is 1. The van der Waals surface area contributed by atoms with Gasteiger partial charge in [0.25, 0.3) is 5.91 Å². The van der Waals surface area contributed by atoms with Crippen LogP contribution in [0.3, 0.4) is 0 Å². The van der Waals surface area contributed by atoms with E-state index in [1.807, 2.05) is 6.92 Å². The number of hydrogen-bond acceptors (Lipinski definition) is 4. The molecule has 0 aromatic carbocycles. The van der Waals surface area contributed by atoms with E-state index in [0.29, 0.717) is 6.54 Å². The summed E-state index contributed by atoms with van der Waals surface area (Å²) in [5.74, 6) is -2.19. The van der Waals surface area contributed by atoms with Crippen molar-refractivity contribution in [1.82, 2.24) is 15.2 Å². The highest BCUT2D eigenvalue weighted by Crippen LogP contribution is 2.06. The topological polar surface area (TPSA) is 99.6 Å². The standard InChI is InChI=1S/C13H17N3O4/c1-4-16(3)12(18)8(2)15-11(17)10-9(13(19)20)6-5-7-14-10/h5-8H,4H2,1-3H3,(H,15,17)(H,19,20). The third-order valence-electron chi connectivity index (χ3n) is 2.82. The first-order chi connectivity index (χ1) is 9.38. The lowest BCUT2D eigenvalue weighted by atomic mass is 10.1. The minimum absolute atomic E-state index is 0.200. The summed E-state index contributed by atoms with van der Waals surface area (Å²) in [6, 6.07) is 1.96. The number of carbonyl (C=O) groups excluding carboxylic acids is 2. The van der Waals surface area contributed by atoms with E-state index in [1.165, 1.54) is 30.2 Å². The van der Waals surface area contributed by atoms with Gasteiger partial charge in [-0.25, -0.2) is 4.79 Å².